The molecule has 1 saturated heterocycles. The van der Waals surface area contributed by atoms with Crippen molar-refractivity contribution in [3.8, 4) is 0 Å². The van der Waals surface area contributed by atoms with Gasteiger partial charge in [-0.2, -0.15) is 13.2 Å². The van der Waals surface area contributed by atoms with Crippen LogP contribution in [-0.2, 0) is 6.18 Å². The van der Waals surface area contributed by atoms with E-state index in [-0.39, 0.29) is 11.5 Å². The van der Waals surface area contributed by atoms with Crippen molar-refractivity contribution in [1.82, 2.24) is 19.9 Å². The molecule has 9 heteroatoms. The maximum atomic E-state index is 12.4. The molecule has 122 valence electrons. The maximum Gasteiger partial charge on any atom is 0.451 e. The normalized spacial score (nSPS) is 16.6. The van der Waals surface area contributed by atoms with Gasteiger partial charge >= 0.3 is 6.18 Å². The second kappa shape index (κ2) is 6.23. The van der Waals surface area contributed by atoms with Gasteiger partial charge in [-0.15, -0.1) is 11.3 Å². The van der Waals surface area contributed by atoms with Gasteiger partial charge in [-0.05, 0) is 12.8 Å². The van der Waals surface area contributed by atoms with Crippen molar-refractivity contribution in [2.45, 2.75) is 24.9 Å². The van der Waals surface area contributed by atoms with Crippen molar-refractivity contribution in [3.05, 3.63) is 40.4 Å². The van der Waals surface area contributed by atoms with Gasteiger partial charge in [0.1, 0.15) is 0 Å². The summed E-state index contributed by atoms with van der Waals surface area (Å²) in [7, 11) is 0. The van der Waals surface area contributed by atoms with E-state index in [0.29, 0.717) is 19.0 Å². The summed E-state index contributed by atoms with van der Waals surface area (Å²) < 4.78 is 37.3. The molecule has 0 radical (unpaired) electrons. The van der Waals surface area contributed by atoms with Gasteiger partial charge in [0.2, 0.25) is 5.82 Å². The first kappa shape index (κ1) is 15.9. The van der Waals surface area contributed by atoms with Crippen molar-refractivity contribution >= 4 is 17.2 Å². The average Bonchev–Trinajstić information content (AvgIpc) is 3.08. The number of halogens is 3. The Kier molecular flexibility index (Phi) is 4.29. The summed E-state index contributed by atoms with van der Waals surface area (Å²) in [6.07, 6.45) is 0.613. The zero-order valence-electron chi connectivity index (χ0n) is 12.0. The van der Waals surface area contributed by atoms with Crippen LogP contribution in [0, 0.1) is 0 Å². The molecule has 3 rings (SSSR count). The van der Waals surface area contributed by atoms with Crippen molar-refractivity contribution in [3.63, 3.8) is 0 Å². The zero-order valence-corrected chi connectivity index (χ0v) is 12.8. The van der Waals surface area contributed by atoms with Gasteiger partial charge in [0.15, 0.2) is 0 Å². The van der Waals surface area contributed by atoms with E-state index < -0.39 is 12.0 Å². The van der Waals surface area contributed by atoms with Crippen LogP contribution in [0.5, 0.6) is 0 Å². The number of hydrogen-bond donors (Lipinski definition) is 0. The van der Waals surface area contributed by atoms with Crippen LogP contribution in [0.25, 0.3) is 0 Å². The van der Waals surface area contributed by atoms with Crippen LogP contribution in [-0.4, -0.2) is 38.8 Å². The molecule has 3 heterocycles. The molecule has 0 aliphatic carbocycles. The monoisotopic (exact) mass is 342 g/mol. The Morgan fingerprint density at radius 3 is 2.35 bits per heavy atom. The number of aromatic nitrogens is 3. The molecule has 1 aliphatic heterocycles. The number of thiazole rings is 1. The Morgan fingerprint density at radius 1 is 1.17 bits per heavy atom. The number of piperidine rings is 1. The summed E-state index contributed by atoms with van der Waals surface area (Å²) in [5.74, 6) is -1.24. The van der Waals surface area contributed by atoms with E-state index in [1.165, 1.54) is 0 Å². The highest BCUT2D eigenvalue weighted by atomic mass is 32.1. The minimum absolute atomic E-state index is 0.0747. The number of amides is 1. The van der Waals surface area contributed by atoms with Gasteiger partial charge in [0.05, 0.1) is 10.6 Å². The lowest BCUT2D eigenvalue weighted by molar-refractivity contribution is -0.145. The summed E-state index contributed by atoms with van der Waals surface area (Å²) in [6.45, 7) is 1.09. The summed E-state index contributed by atoms with van der Waals surface area (Å²) in [5.41, 5.74) is 0.0747. The van der Waals surface area contributed by atoms with Crippen LogP contribution in [0.2, 0.25) is 0 Å². The maximum absolute atomic E-state index is 12.4. The van der Waals surface area contributed by atoms with Gasteiger partial charge in [-0.3, -0.25) is 4.79 Å². The molecule has 2 aromatic rings. The fraction of sp³-hybridized carbons (Fsp3) is 0.429. The fourth-order valence-corrected chi connectivity index (χ4v) is 3.34. The van der Waals surface area contributed by atoms with Crippen LogP contribution >= 0.6 is 11.3 Å². The molecule has 5 nitrogen and oxygen atoms in total. The third kappa shape index (κ3) is 3.49. The van der Waals surface area contributed by atoms with E-state index >= 15 is 0 Å². The third-order valence-electron chi connectivity index (χ3n) is 3.74. The first-order valence-corrected chi connectivity index (χ1v) is 7.91. The molecule has 2 aromatic heterocycles. The molecular formula is C14H13F3N4OS. The SMILES string of the molecule is O=C(c1cnc(C(F)(F)F)nc1)N1CCC(c2nccs2)CC1. The van der Waals surface area contributed by atoms with Crippen molar-refractivity contribution in [2.24, 2.45) is 0 Å². The molecule has 1 amide bonds. The molecular weight excluding hydrogens is 329 g/mol. The molecule has 0 atom stereocenters. The van der Waals surface area contributed by atoms with E-state index in [1.54, 1.807) is 22.4 Å². The van der Waals surface area contributed by atoms with E-state index in [0.717, 1.165) is 30.2 Å². The quantitative estimate of drug-likeness (QED) is 0.842. The van der Waals surface area contributed by atoms with Crippen molar-refractivity contribution in [1.29, 1.82) is 0 Å². The molecule has 0 N–H and O–H groups in total. The van der Waals surface area contributed by atoms with Crippen LogP contribution in [0.3, 0.4) is 0 Å². The standard InChI is InChI=1S/C14H13F3N4OS/c15-14(16,17)13-19-7-10(8-20-13)12(22)21-4-1-9(2-5-21)11-18-3-6-23-11/h3,6-9H,1-2,4-5H2. The van der Waals surface area contributed by atoms with Gasteiger partial charge < -0.3 is 4.90 Å². The lowest BCUT2D eigenvalue weighted by atomic mass is 9.97. The predicted octanol–water partition coefficient (Wildman–Crippen LogP) is 2.97. The number of rotatable bonds is 2. The second-order valence-corrected chi connectivity index (χ2v) is 6.16. The van der Waals surface area contributed by atoms with E-state index in [2.05, 4.69) is 15.0 Å². The number of likely N-dealkylation sites (tertiary alicyclic amines) is 1. The number of carbonyl (C=O) groups excluding carboxylic acids is 1. The molecule has 0 bridgehead atoms. The van der Waals surface area contributed by atoms with E-state index in [9.17, 15) is 18.0 Å². The Labute approximate surface area is 134 Å². The summed E-state index contributed by atoms with van der Waals surface area (Å²) in [5, 5.41) is 2.99. The fourth-order valence-electron chi connectivity index (χ4n) is 2.53. The summed E-state index contributed by atoms with van der Waals surface area (Å²) in [6, 6.07) is 0. The van der Waals surface area contributed by atoms with Crippen molar-refractivity contribution in [2.75, 3.05) is 13.1 Å². The number of carbonyl (C=O) groups is 1. The Hall–Kier alpha value is -2.03. The van der Waals surface area contributed by atoms with Crippen LogP contribution in [0.1, 0.15) is 39.9 Å². The second-order valence-electron chi connectivity index (χ2n) is 5.23. The molecule has 0 aromatic carbocycles. The number of nitrogens with zero attached hydrogens (tertiary/aromatic N) is 4. The first-order valence-electron chi connectivity index (χ1n) is 7.03. The summed E-state index contributed by atoms with van der Waals surface area (Å²) >= 11 is 1.60. The summed E-state index contributed by atoms with van der Waals surface area (Å²) in [4.78, 5) is 24.7. The Morgan fingerprint density at radius 2 is 1.83 bits per heavy atom. The zero-order chi connectivity index (χ0) is 16.4. The third-order valence-corrected chi connectivity index (χ3v) is 4.67. The minimum atomic E-state index is -4.60. The highest BCUT2D eigenvalue weighted by molar-refractivity contribution is 7.09. The molecule has 0 saturated carbocycles. The molecule has 0 unspecified atom stereocenters. The highest BCUT2D eigenvalue weighted by Gasteiger charge is 2.35. The molecule has 1 aliphatic rings. The Bertz CT molecular complexity index is 664. The minimum Gasteiger partial charge on any atom is -0.339 e. The lowest BCUT2D eigenvalue weighted by Crippen LogP contribution is -2.38. The van der Waals surface area contributed by atoms with E-state index in [1.807, 2.05) is 5.38 Å². The number of hydrogen-bond acceptors (Lipinski definition) is 5. The smallest absolute Gasteiger partial charge is 0.339 e. The number of alkyl halides is 3. The molecule has 1 fully saturated rings. The van der Waals surface area contributed by atoms with Crippen LogP contribution < -0.4 is 0 Å². The topological polar surface area (TPSA) is 59.0 Å². The first-order chi connectivity index (χ1) is 10.9. The predicted molar refractivity (Wildman–Crippen MR) is 77.0 cm³/mol. The Balaban J connectivity index is 1.63. The molecule has 23 heavy (non-hydrogen) atoms. The van der Waals surface area contributed by atoms with Gasteiger partial charge in [-0.1, -0.05) is 0 Å². The largest absolute Gasteiger partial charge is 0.451 e. The van der Waals surface area contributed by atoms with Gasteiger partial charge in [-0.25, -0.2) is 15.0 Å². The lowest BCUT2D eigenvalue weighted by Gasteiger charge is -2.31. The van der Waals surface area contributed by atoms with Crippen LogP contribution in [0.15, 0.2) is 24.0 Å². The van der Waals surface area contributed by atoms with Gasteiger partial charge in [0, 0.05) is 43.0 Å². The average molecular weight is 342 g/mol. The molecule has 0 spiro atoms. The van der Waals surface area contributed by atoms with E-state index in [4.69, 9.17) is 0 Å². The van der Waals surface area contributed by atoms with Gasteiger partial charge in [0.25, 0.3) is 5.91 Å². The van der Waals surface area contributed by atoms with Crippen LogP contribution in [0.4, 0.5) is 13.2 Å². The van der Waals surface area contributed by atoms with Crippen molar-refractivity contribution < 1.29 is 18.0 Å². The highest BCUT2D eigenvalue weighted by Crippen LogP contribution is 2.30.